The Morgan fingerprint density at radius 2 is 1.86 bits per heavy atom. The van der Waals surface area contributed by atoms with Crippen LogP contribution in [-0.2, 0) is 14.8 Å². The summed E-state index contributed by atoms with van der Waals surface area (Å²) in [6.07, 6.45) is 2.22. The summed E-state index contributed by atoms with van der Waals surface area (Å²) in [5.74, 6) is 0.180. The number of hydrogen-bond donors (Lipinski definition) is 2. The molecule has 1 amide bonds. The third-order valence-electron chi connectivity index (χ3n) is 4.05. The molecule has 0 heterocycles. The van der Waals surface area contributed by atoms with Crippen LogP contribution in [0.15, 0.2) is 41.3 Å². The minimum atomic E-state index is -4.03. The lowest BCUT2D eigenvalue weighted by Crippen LogP contribution is -2.44. The first-order valence-electron chi connectivity index (χ1n) is 8.48. The number of thioether (sulfide) groups is 1. The van der Waals surface area contributed by atoms with Crippen molar-refractivity contribution in [3.05, 3.63) is 57.6 Å². The molecular formula is C19H22Cl2N2O3S2. The van der Waals surface area contributed by atoms with Gasteiger partial charge in [0, 0.05) is 10.7 Å². The normalized spacial score (nSPS) is 12.6. The molecule has 9 heteroatoms. The Morgan fingerprint density at radius 3 is 2.50 bits per heavy atom. The molecule has 152 valence electrons. The molecule has 1 atom stereocenters. The second kappa shape index (κ2) is 9.98. The molecule has 2 rings (SSSR count). The molecule has 0 aliphatic carbocycles. The largest absolute Gasteiger partial charge is 0.324 e. The highest BCUT2D eigenvalue weighted by atomic mass is 35.5. The lowest BCUT2D eigenvalue weighted by molar-refractivity contribution is -0.117. The number of nitrogens with one attached hydrogen (secondary N) is 2. The van der Waals surface area contributed by atoms with E-state index >= 15 is 0 Å². The summed E-state index contributed by atoms with van der Waals surface area (Å²) in [6.45, 7) is 3.85. The lowest BCUT2D eigenvalue weighted by Gasteiger charge is -2.19. The van der Waals surface area contributed by atoms with Gasteiger partial charge in [-0.25, -0.2) is 8.42 Å². The number of anilines is 1. The number of amides is 1. The topological polar surface area (TPSA) is 75.3 Å². The summed E-state index contributed by atoms with van der Waals surface area (Å²) in [6, 6.07) is 8.86. The predicted octanol–water partition coefficient (Wildman–Crippen LogP) is 4.65. The van der Waals surface area contributed by atoms with E-state index in [-0.39, 0.29) is 14.9 Å². The molecule has 0 saturated carbocycles. The minimum Gasteiger partial charge on any atom is -0.324 e. The van der Waals surface area contributed by atoms with E-state index in [1.807, 2.05) is 32.2 Å². The van der Waals surface area contributed by atoms with E-state index in [1.54, 1.807) is 6.07 Å². The summed E-state index contributed by atoms with van der Waals surface area (Å²) in [5, 5.41) is 3.09. The van der Waals surface area contributed by atoms with Gasteiger partial charge in [0.1, 0.15) is 10.9 Å². The Bertz CT molecular complexity index is 966. The maximum Gasteiger partial charge on any atom is 0.242 e. The Labute approximate surface area is 180 Å². The van der Waals surface area contributed by atoms with Gasteiger partial charge in [-0.05, 0) is 62.1 Å². The molecule has 0 aliphatic rings. The molecular weight excluding hydrogens is 439 g/mol. The number of sulfonamides is 1. The van der Waals surface area contributed by atoms with E-state index < -0.39 is 22.0 Å². The monoisotopic (exact) mass is 460 g/mol. The molecule has 0 spiro atoms. The summed E-state index contributed by atoms with van der Waals surface area (Å²) < 4.78 is 28.1. The molecule has 0 fully saturated rings. The first-order chi connectivity index (χ1) is 13.1. The predicted molar refractivity (Wildman–Crippen MR) is 118 cm³/mol. The molecule has 2 aromatic carbocycles. The van der Waals surface area contributed by atoms with E-state index in [4.69, 9.17) is 23.2 Å². The molecule has 5 nitrogen and oxygen atoms in total. The van der Waals surface area contributed by atoms with Gasteiger partial charge in [0.05, 0.1) is 5.02 Å². The number of halogens is 2. The SMILES string of the molecule is CSCCC(NS(=O)(=O)c1cc(Cl)ccc1Cl)C(=O)Nc1ccc(C)cc1C. The van der Waals surface area contributed by atoms with Crippen LogP contribution in [0.2, 0.25) is 10.0 Å². The number of benzene rings is 2. The highest BCUT2D eigenvalue weighted by Crippen LogP contribution is 2.25. The second-order valence-corrected chi connectivity index (χ2v) is 9.85. The Kier molecular flexibility index (Phi) is 8.21. The van der Waals surface area contributed by atoms with Crippen LogP contribution in [0.1, 0.15) is 17.5 Å². The van der Waals surface area contributed by atoms with Gasteiger partial charge in [0.15, 0.2) is 0 Å². The van der Waals surface area contributed by atoms with Crippen molar-refractivity contribution in [3.63, 3.8) is 0 Å². The van der Waals surface area contributed by atoms with E-state index in [2.05, 4.69) is 10.0 Å². The van der Waals surface area contributed by atoms with E-state index in [0.717, 1.165) is 11.1 Å². The van der Waals surface area contributed by atoms with Crippen molar-refractivity contribution >= 4 is 56.6 Å². The van der Waals surface area contributed by atoms with Crippen molar-refractivity contribution in [2.45, 2.75) is 31.2 Å². The van der Waals surface area contributed by atoms with Gasteiger partial charge in [0.25, 0.3) is 0 Å². The van der Waals surface area contributed by atoms with Crippen molar-refractivity contribution in [2.75, 3.05) is 17.3 Å². The van der Waals surface area contributed by atoms with Crippen LogP contribution in [0.3, 0.4) is 0 Å². The quantitative estimate of drug-likeness (QED) is 0.600. The fourth-order valence-electron chi connectivity index (χ4n) is 2.59. The highest BCUT2D eigenvalue weighted by molar-refractivity contribution is 7.98. The van der Waals surface area contributed by atoms with Crippen LogP contribution in [0.4, 0.5) is 5.69 Å². The van der Waals surface area contributed by atoms with Crippen molar-refractivity contribution in [3.8, 4) is 0 Å². The first-order valence-corrected chi connectivity index (χ1v) is 12.1. The summed E-state index contributed by atoms with van der Waals surface area (Å²) >= 11 is 13.5. The van der Waals surface area contributed by atoms with Crippen molar-refractivity contribution in [1.82, 2.24) is 4.72 Å². The summed E-state index contributed by atoms with van der Waals surface area (Å²) in [5.41, 5.74) is 2.62. The average molecular weight is 461 g/mol. The van der Waals surface area contributed by atoms with Gasteiger partial charge in [-0.1, -0.05) is 40.9 Å². The zero-order valence-corrected chi connectivity index (χ0v) is 18.9. The Balaban J connectivity index is 2.27. The Hall–Kier alpha value is -1.25. The van der Waals surface area contributed by atoms with Crippen molar-refractivity contribution in [2.24, 2.45) is 0 Å². The zero-order chi connectivity index (χ0) is 20.9. The molecule has 2 aromatic rings. The highest BCUT2D eigenvalue weighted by Gasteiger charge is 2.27. The number of carbonyl (C=O) groups is 1. The van der Waals surface area contributed by atoms with Crippen LogP contribution in [0.25, 0.3) is 0 Å². The van der Waals surface area contributed by atoms with E-state index in [1.165, 1.54) is 30.0 Å². The Morgan fingerprint density at radius 1 is 1.14 bits per heavy atom. The minimum absolute atomic E-state index is 0.0373. The van der Waals surface area contributed by atoms with Gasteiger partial charge in [0.2, 0.25) is 15.9 Å². The summed E-state index contributed by atoms with van der Waals surface area (Å²) in [4.78, 5) is 12.7. The third kappa shape index (κ3) is 6.12. The molecule has 0 saturated heterocycles. The van der Waals surface area contributed by atoms with Crippen molar-refractivity contribution < 1.29 is 13.2 Å². The van der Waals surface area contributed by atoms with Gasteiger partial charge < -0.3 is 5.32 Å². The average Bonchev–Trinajstić information content (AvgIpc) is 2.62. The van der Waals surface area contributed by atoms with Gasteiger partial charge >= 0.3 is 0 Å². The number of hydrogen-bond acceptors (Lipinski definition) is 4. The number of carbonyl (C=O) groups excluding carboxylic acids is 1. The van der Waals surface area contributed by atoms with Crippen LogP contribution in [-0.4, -0.2) is 32.4 Å². The second-order valence-electron chi connectivity index (χ2n) is 6.34. The fraction of sp³-hybridized carbons (Fsp3) is 0.316. The lowest BCUT2D eigenvalue weighted by atomic mass is 10.1. The number of rotatable bonds is 8. The smallest absolute Gasteiger partial charge is 0.242 e. The molecule has 2 N–H and O–H groups in total. The third-order valence-corrected chi connectivity index (χ3v) is 6.88. The molecule has 0 radical (unpaired) electrons. The number of aryl methyl sites for hydroxylation is 2. The zero-order valence-electron chi connectivity index (χ0n) is 15.8. The van der Waals surface area contributed by atoms with E-state index in [9.17, 15) is 13.2 Å². The van der Waals surface area contributed by atoms with Gasteiger partial charge in [-0.2, -0.15) is 16.5 Å². The standard InChI is InChI=1S/C19H22Cl2N2O3S2/c1-12-4-7-16(13(2)10-12)22-19(24)17(8-9-27-3)23-28(25,26)18-11-14(20)5-6-15(18)21/h4-7,10-11,17,23H,8-9H2,1-3H3,(H,22,24). The fourth-order valence-corrected chi connectivity index (χ4v) is 5.05. The molecule has 0 aromatic heterocycles. The molecule has 0 aliphatic heterocycles. The molecule has 28 heavy (non-hydrogen) atoms. The van der Waals surface area contributed by atoms with Crippen molar-refractivity contribution in [1.29, 1.82) is 0 Å². The van der Waals surface area contributed by atoms with Gasteiger partial charge in [-0.3, -0.25) is 4.79 Å². The van der Waals surface area contributed by atoms with Crippen LogP contribution >= 0.6 is 35.0 Å². The van der Waals surface area contributed by atoms with Crippen LogP contribution in [0, 0.1) is 13.8 Å². The van der Waals surface area contributed by atoms with Gasteiger partial charge in [-0.15, -0.1) is 0 Å². The van der Waals surface area contributed by atoms with E-state index in [0.29, 0.717) is 17.9 Å². The maximum atomic E-state index is 12.8. The van der Waals surface area contributed by atoms with Crippen LogP contribution in [0.5, 0.6) is 0 Å². The molecule has 0 bridgehead atoms. The van der Waals surface area contributed by atoms with Crippen LogP contribution < -0.4 is 10.0 Å². The summed E-state index contributed by atoms with van der Waals surface area (Å²) in [7, 11) is -4.03. The molecule has 1 unspecified atom stereocenters. The maximum absolute atomic E-state index is 12.8. The first kappa shape index (κ1) is 23.0.